The summed E-state index contributed by atoms with van der Waals surface area (Å²) in [6, 6.07) is 2.50. The average molecular weight is 217 g/mol. The molecule has 0 spiro atoms. The Morgan fingerprint density at radius 2 is 2.00 bits per heavy atom. The van der Waals surface area contributed by atoms with Gasteiger partial charge in [-0.1, -0.05) is 0 Å². The Bertz CT molecular complexity index is 315. The smallest absolute Gasteiger partial charge is 0.137 e. The molecular weight excluding hydrogens is 204 g/mol. The fraction of sp³-hybridized carbons (Fsp3) is 0.400. The molecule has 1 aromatic rings. The SMILES string of the molecule is CSc1cc(F)c(CCCN)cc1F. The van der Waals surface area contributed by atoms with E-state index in [1.165, 1.54) is 23.9 Å². The third kappa shape index (κ3) is 2.69. The van der Waals surface area contributed by atoms with Gasteiger partial charge in [0.25, 0.3) is 0 Å². The van der Waals surface area contributed by atoms with Crippen LogP contribution in [0.3, 0.4) is 0 Å². The summed E-state index contributed by atoms with van der Waals surface area (Å²) in [4.78, 5) is 0.346. The summed E-state index contributed by atoms with van der Waals surface area (Å²) in [5.41, 5.74) is 5.71. The van der Waals surface area contributed by atoms with E-state index < -0.39 is 0 Å². The van der Waals surface area contributed by atoms with Crippen molar-refractivity contribution in [3.8, 4) is 0 Å². The van der Waals surface area contributed by atoms with Crippen molar-refractivity contribution in [2.75, 3.05) is 12.8 Å². The molecule has 0 bridgehead atoms. The maximum atomic E-state index is 13.3. The van der Waals surface area contributed by atoms with E-state index in [0.717, 1.165) is 0 Å². The Hall–Kier alpha value is -0.610. The third-order valence-corrected chi connectivity index (χ3v) is 2.72. The highest BCUT2D eigenvalue weighted by atomic mass is 32.2. The van der Waals surface area contributed by atoms with Crippen molar-refractivity contribution < 1.29 is 8.78 Å². The lowest BCUT2D eigenvalue weighted by Crippen LogP contribution is -2.02. The second-order valence-electron chi connectivity index (χ2n) is 2.97. The van der Waals surface area contributed by atoms with Crippen LogP contribution in [-0.2, 0) is 6.42 Å². The lowest BCUT2D eigenvalue weighted by molar-refractivity contribution is 0.562. The summed E-state index contributed by atoms with van der Waals surface area (Å²) in [5, 5.41) is 0. The lowest BCUT2D eigenvalue weighted by Gasteiger charge is -2.05. The van der Waals surface area contributed by atoms with Crippen LogP contribution in [-0.4, -0.2) is 12.8 Å². The van der Waals surface area contributed by atoms with Crippen molar-refractivity contribution in [1.82, 2.24) is 0 Å². The monoisotopic (exact) mass is 217 g/mol. The molecule has 0 aliphatic rings. The van der Waals surface area contributed by atoms with E-state index in [4.69, 9.17) is 5.73 Å². The molecule has 0 atom stereocenters. The zero-order valence-electron chi connectivity index (χ0n) is 8.02. The molecule has 4 heteroatoms. The fourth-order valence-electron chi connectivity index (χ4n) is 1.21. The van der Waals surface area contributed by atoms with Gasteiger partial charge in [0.15, 0.2) is 0 Å². The van der Waals surface area contributed by atoms with Gasteiger partial charge in [-0.05, 0) is 43.3 Å². The van der Waals surface area contributed by atoms with Gasteiger partial charge in [-0.2, -0.15) is 0 Å². The van der Waals surface area contributed by atoms with Crippen LogP contribution in [0.2, 0.25) is 0 Å². The van der Waals surface area contributed by atoms with Gasteiger partial charge in [0, 0.05) is 4.90 Å². The van der Waals surface area contributed by atoms with Gasteiger partial charge >= 0.3 is 0 Å². The van der Waals surface area contributed by atoms with Crippen molar-refractivity contribution in [2.45, 2.75) is 17.7 Å². The Morgan fingerprint density at radius 1 is 1.29 bits per heavy atom. The molecule has 0 aromatic heterocycles. The largest absolute Gasteiger partial charge is 0.330 e. The molecule has 0 radical (unpaired) electrons. The molecule has 0 amide bonds. The maximum absolute atomic E-state index is 13.3. The first-order valence-corrected chi connectivity index (χ1v) is 5.63. The molecule has 1 nitrogen and oxygen atoms in total. The molecule has 0 aliphatic heterocycles. The molecule has 14 heavy (non-hydrogen) atoms. The number of hydrogen-bond acceptors (Lipinski definition) is 2. The summed E-state index contributed by atoms with van der Waals surface area (Å²) in [5.74, 6) is -0.699. The Morgan fingerprint density at radius 3 is 2.57 bits per heavy atom. The second kappa shape index (κ2) is 5.32. The maximum Gasteiger partial charge on any atom is 0.137 e. The van der Waals surface area contributed by atoms with Crippen LogP contribution in [0.1, 0.15) is 12.0 Å². The zero-order chi connectivity index (χ0) is 10.6. The van der Waals surface area contributed by atoms with Crippen molar-refractivity contribution in [3.63, 3.8) is 0 Å². The highest BCUT2D eigenvalue weighted by molar-refractivity contribution is 7.98. The number of halogens is 2. The third-order valence-electron chi connectivity index (χ3n) is 1.97. The molecule has 2 N–H and O–H groups in total. The van der Waals surface area contributed by atoms with Crippen molar-refractivity contribution in [1.29, 1.82) is 0 Å². The van der Waals surface area contributed by atoms with Gasteiger partial charge in [-0.25, -0.2) is 8.78 Å². The van der Waals surface area contributed by atoms with Crippen molar-refractivity contribution >= 4 is 11.8 Å². The Balaban J connectivity index is 2.90. The van der Waals surface area contributed by atoms with E-state index in [0.29, 0.717) is 29.8 Å². The fourth-order valence-corrected chi connectivity index (χ4v) is 1.69. The van der Waals surface area contributed by atoms with Crippen molar-refractivity contribution in [3.05, 3.63) is 29.3 Å². The zero-order valence-corrected chi connectivity index (χ0v) is 8.83. The molecule has 0 saturated heterocycles. The number of thioether (sulfide) groups is 1. The minimum atomic E-state index is -0.356. The van der Waals surface area contributed by atoms with Gasteiger partial charge in [0.05, 0.1) is 0 Å². The molecule has 0 unspecified atom stereocenters. The van der Waals surface area contributed by atoms with Gasteiger partial charge in [-0.3, -0.25) is 0 Å². The predicted molar refractivity (Wildman–Crippen MR) is 55.5 cm³/mol. The van der Waals surface area contributed by atoms with Crippen LogP contribution in [0.4, 0.5) is 8.78 Å². The summed E-state index contributed by atoms with van der Waals surface area (Å²) >= 11 is 1.20. The summed E-state index contributed by atoms with van der Waals surface area (Å²) in [6.07, 6.45) is 2.89. The van der Waals surface area contributed by atoms with Gasteiger partial charge < -0.3 is 5.73 Å². The van der Waals surface area contributed by atoms with Gasteiger partial charge in [0.1, 0.15) is 11.6 Å². The lowest BCUT2D eigenvalue weighted by atomic mass is 10.1. The first-order chi connectivity index (χ1) is 6.69. The van der Waals surface area contributed by atoms with E-state index >= 15 is 0 Å². The van der Waals surface area contributed by atoms with Crippen LogP contribution >= 0.6 is 11.8 Å². The molecule has 0 fully saturated rings. The van der Waals surface area contributed by atoms with E-state index in [2.05, 4.69) is 0 Å². The number of nitrogens with two attached hydrogens (primary N) is 1. The van der Waals surface area contributed by atoms with Crippen LogP contribution in [0.15, 0.2) is 17.0 Å². The summed E-state index contributed by atoms with van der Waals surface area (Å²) in [6.45, 7) is 0.491. The van der Waals surface area contributed by atoms with Crippen LogP contribution < -0.4 is 5.73 Å². The Kier molecular flexibility index (Phi) is 4.35. The number of rotatable bonds is 4. The predicted octanol–water partition coefficient (Wildman–Crippen LogP) is 2.58. The first-order valence-electron chi connectivity index (χ1n) is 4.41. The summed E-state index contributed by atoms with van der Waals surface area (Å²) in [7, 11) is 0. The van der Waals surface area contributed by atoms with E-state index in [9.17, 15) is 8.78 Å². The van der Waals surface area contributed by atoms with Crippen LogP contribution in [0.25, 0.3) is 0 Å². The molecule has 78 valence electrons. The normalized spacial score (nSPS) is 10.6. The summed E-state index contributed by atoms with van der Waals surface area (Å²) < 4.78 is 26.6. The molecule has 1 rings (SSSR count). The number of aryl methyl sites for hydroxylation is 1. The molecular formula is C10H13F2NS. The standard InChI is InChI=1S/C10H13F2NS/c1-14-10-6-8(11)7(3-2-4-13)5-9(10)12/h5-6H,2-4,13H2,1H3. The molecule has 0 heterocycles. The van der Waals surface area contributed by atoms with Gasteiger partial charge in [-0.15, -0.1) is 11.8 Å². The highest BCUT2D eigenvalue weighted by Gasteiger charge is 2.08. The Labute approximate surface area is 86.7 Å². The molecule has 1 aromatic carbocycles. The topological polar surface area (TPSA) is 26.0 Å². The molecule has 0 saturated carbocycles. The number of hydrogen-bond donors (Lipinski definition) is 1. The second-order valence-corrected chi connectivity index (χ2v) is 3.82. The van der Waals surface area contributed by atoms with E-state index in [-0.39, 0.29) is 11.6 Å². The van der Waals surface area contributed by atoms with Crippen molar-refractivity contribution in [2.24, 2.45) is 5.73 Å². The average Bonchev–Trinajstić information content (AvgIpc) is 2.18. The van der Waals surface area contributed by atoms with E-state index in [1.807, 2.05) is 0 Å². The number of benzene rings is 1. The highest BCUT2D eigenvalue weighted by Crippen LogP contribution is 2.23. The van der Waals surface area contributed by atoms with Crippen LogP contribution in [0, 0.1) is 11.6 Å². The minimum absolute atomic E-state index is 0.343. The minimum Gasteiger partial charge on any atom is -0.330 e. The first kappa shape index (κ1) is 11.5. The molecule has 0 aliphatic carbocycles. The quantitative estimate of drug-likeness (QED) is 0.784. The van der Waals surface area contributed by atoms with Gasteiger partial charge in [0.2, 0.25) is 0 Å². The van der Waals surface area contributed by atoms with E-state index in [1.54, 1.807) is 6.26 Å². The van der Waals surface area contributed by atoms with Crippen LogP contribution in [0.5, 0.6) is 0 Å².